The fraction of sp³-hybridized carbons (Fsp3) is 0.143. The molecule has 3 aromatic carbocycles. The molecule has 0 N–H and O–H groups in total. The van der Waals surface area contributed by atoms with Gasteiger partial charge in [0.25, 0.3) is 5.56 Å². The SMILES string of the molecule is COc1ccc(Br)cc1/C=c1/sc2n(c1=O)[C@H](c1ccc(Br)cc1)C1=C(N=2)c2ccccc2CC1. The molecule has 2 heterocycles. The Morgan fingerprint density at radius 3 is 2.60 bits per heavy atom. The third-order valence-electron chi connectivity index (χ3n) is 6.54. The van der Waals surface area contributed by atoms with E-state index in [1.54, 1.807) is 7.11 Å². The number of rotatable bonds is 3. The quantitative estimate of drug-likeness (QED) is 0.293. The van der Waals surface area contributed by atoms with Gasteiger partial charge in [-0.15, -0.1) is 0 Å². The molecule has 174 valence electrons. The van der Waals surface area contributed by atoms with Crippen LogP contribution in [0.2, 0.25) is 0 Å². The van der Waals surface area contributed by atoms with Gasteiger partial charge in [0.05, 0.1) is 23.4 Å². The van der Waals surface area contributed by atoms with Crippen LogP contribution >= 0.6 is 43.2 Å². The number of methoxy groups -OCH3 is 1. The number of nitrogens with zero attached hydrogens (tertiary/aromatic N) is 2. The first kappa shape index (κ1) is 22.7. The first-order chi connectivity index (χ1) is 17.0. The topological polar surface area (TPSA) is 43.6 Å². The van der Waals surface area contributed by atoms with E-state index in [2.05, 4.69) is 68.3 Å². The molecular weight excluding hydrogens is 588 g/mol. The van der Waals surface area contributed by atoms with Gasteiger partial charge in [-0.2, -0.15) is 0 Å². The molecule has 0 saturated carbocycles. The third kappa shape index (κ3) is 3.96. The number of benzene rings is 3. The molecule has 4 nitrogen and oxygen atoms in total. The molecule has 1 aliphatic heterocycles. The maximum Gasteiger partial charge on any atom is 0.271 e. The van der Waals surface area contributed by atoms with E-state index < -0.39 is 0 Å². The Kier molecular flexibility index (Phi) is 5.87. The van der Waals surface area contributed by atoms with Crippen LogP contribution in [0.25, 0.3) is 11.8 Å². The normalized spacial score (nSPS) is 16.9. The van der Waals surface area contributed by atoms with E-state index in [1.807, 2.05) is 41.0 Å². The molecule has 0 fully saturated rings. The lowest BCUT2D eigenvalue weighted by Crippen LogP contribution is -2.38. The number of ether oxygens (including phenoxy) is 1. The maximum absolute atomic E-state index is 13.9. The average molecular weight is 608 g/mol. The summed E-state index contributed by atoms with van der Waals surface area (Å²) in [7, 11) is 1.64. The molecule has 6 rings (SSSR count). The Labute approximate surface area is 223 Å². The highest BCUT2D eigenvalue weighted by atomic mass is 79.9. The van der Waals surface area contributed by atoms with Gasteiger partial charge in [0.1, 0.15) is 5.75 Å². The Bertz CT molecular complexity index is 1680. The number of halogens is 2. The van der Waals surface area contributed by atoms with Crippen molar-refractivity contribution >= 4 is 55.0 Å². The van der Waals surface area contributed by atoms with Crippen LogP contribution in [0, 0.1) is 0 Å². The summed E-state index contributed by atoms with van der Waals surface area (Å²) >= 11 is 8.51. The van der Waals surface area contributed by atoms with Gasteiger partial charge in [-0.25, -0.2) is 4.99 Å². The summed E-state index contributed by atoms with van der Waals surface area (Å²) in [5, 5.41) is 0. The van der Waals surface area contributed by atoms with Crippen molar-refractivity contribution in [3.05, 3.63) is 123 Å². The predicted molar refractivity (Wildman–Crippen MR) is 148 cm³/mol. The first-order valence-corrected chi connectivity index (χ1v) is 13.7. The Hall–Kier alpha value is -2.74. The molecule has 2 aliphatic rings. The van der Waals surface area contributed by atoms with Crippen molar-refractivity contribution in [2.24, 2.45) is 4.99 Å². The van der Waals surface area contributed by atoms with Gasteiger partial charge in [-0.3, -0.25) is 9.36 Å². The first-order valence-electron chi connectivity index (χ1n) is 11.3. The summed E-state index contributed by atoms with van der Waals surface area (Å²) in [6.45, 7) is 0. The number of aromatic nitrogens is 1. The van der Waals surface area contributed by atoms with Crippen LogP contribution in [-0.2, 0) is 6.42 Å². The molecule has 7 heteroatoms. The molecule has 0 amide bonds. The minimum atomic E-state index is -0.186. The van der Waals surface area contributed by atoms with Crippen molar-refractivity contribution in [1.82, 2.24) is 4.57 Å². The number of thiazole rings is 1. The van der Waals surface area contributed by atoms with E-state index >= 15 is 0 Å². The summed E-state index contributed by atoms with van der Waals surface area (Å²) in [4.78, 5) is 19.7. The lowest BCUT2D eigenvalue weighted by atomic mass is 9.83. The minimum absolute atomic E-state index is 0.0332. The minimum Gasteiger partial charge on any atom is -0.496 e. The van der Waals surface area contributed by atoms with E-state index in [-0.39, 0.29) is 11.6 Å². The molecule has 1 aliphatic carbocycles. The predicted octanol–water partition coefficient (Wildman–Crippen LogP) is 5.85. The van der Waals surface area contributed by atoms with Crippen LogP contribution < -0.4 is 19.6 Å². The van der Waals surface area contributed by atoms with Gasteiger partial charge in [0, 0.05) is 20.1 Å². The van der Waals surface area contributed by atoms with Gasteiger partial charge in [-0.05, 0) is 65.9 Å². The highest BCUT2D eigenvalue weighted by Crippen LogP contribution is 2.41. The average Bonchev–Trinajstić information content (AvgIpc) is 3.18. The number of allylic oxidation sites excluding steroid dienone is 1. The van der Waals surface area contributed by atoms with Crippen molar-refractivity contribution < 1.29 is 4.74 Å². The summed E-state index contributed by atoms with van der Waals surface area (Å²) in [5.41, 5.74) is 6.58. The Morgan fingerprint density at radius 1 is 1.03 bits per heavy atom. The summed E-state index contributed by atoms with van der Waals surface area (Å²) in [6.07, 6.45) is 3.72. The zero-order chi connectivity index (χ0) is 24.1. The van der Waals surface area contributed by atoms with Crippen LogP contribution in [0.3, 0.4) is 0 Å². The maximum atomic E-state index is 13.9. The standard InChI is InChI=1S/C28H20Br2N2O2S/c1-34-23-13-11-20(30)14-18(23)15-24-27(33)32-26(17-6-9-19(29)10-7-17)22-12-8-16-4-2-3-5-21(16)25(22)31-28(32)35-24/h2-7,9-11,13-15,26H,8,12H2,1H3/b24-15+/t26-/m1/s1. The zero-order valence-corrected chi connectivity index (χ0v) is 22.8. The monoisotopic (exact) mass is 606 g/mol. The van der Waals surface area contributed by atoms with Crippen LogP contribution in [0.5, 0.6) is 5.75 Å². The zero-order valence-electron chi connectivity index (χ0n) is 18.8. The third-order valence-corrected chi connectivity index (χ3v) is 8.54. The molecule has 4 aromatic rings. The molecule has 0 radical (unpaired) electrons. The number of aryl methyl sites for hydroxylation is 1. The van der Waals surface area contributed by atoms with Gasteiger partial charge < -0.3 is 4.74 Å². The molecule has 0 saturated heterocycles. The summed E-state index contributed by atoms with van der Waals surface area (Å²) in [5.74, 6) is 0.719. The van der Waals surface area contributed by atoms with Crippen molar-refractivity contribution in [2.75, 3.05) is 7.11 Å². The van der Waals surface area contributed by atoms with Crippen molar-refractivity contribution in [2.45, 2.75) is 18.9 Å². The van der Waals surface area contributed by atoms with Crippen LogP contribution in [0.4, 0.5) is 0 Å². The van der Waals surface area contributed by atoms with E-state index in [9.17, 15) is 4.79 Å². The smallest absolute Gasteiger partial charge is 0.271 e. The van der Waals surface area contributed by atoms with Gasteiger partial charge in [0.15, 0.2) is 4.80 Å². The lowest BCUT2D eigenvalue weighted by molar-refractivity contribution is 0.413. The molecule has 1 aromatic heterocycles. The molecule has 0 spiro atoms. The fourth-order valence-electron chi connectivity index (χ4n) is 4.93. The lowest BCUT2D eigenvalue weighted by Gasteiger charge is -2.30. The van der Waals surface area contributed by atoms with Crippen molar-refractivity contribution in [3.63, 3.8) is 0 Å². The van der Waals surface area contributed by atoms with Crippen molar-refractivity contribution in [1.29, 1.82) is 0 Å². The summed E-state index contributed by atoms with van der Waals surface area (Å²) in [6, 6.07) is 22.3. The number of hydrogen-bond acceptors (Lipinski definition) is 4. The highest BCUT2D eigenvalue weighted by Gasteiger charge is 2.32. The summed E-state index contributed by atoms with van der Waals surface area (Å²) < 4.78 is 9.99. The molecule has 0 bridgehead atoms. The Balaban J connectivity index is 1.63. The molecule has 0 unspecified atom stereocenters. The Morgan fingerprint density at radius 2 is 1.80 bits per heavy atom. The van der Waals surface area contributed by atoms with Crippen LogP contribution in [0.15, 0.2) is 91.0 Å². The molecule has 35 heavy (non-hydrogen) atoms. The fourth-order valence-corrected chi connectivity index (χ4v) is 6.56. The van der Waals surface area contributed by atoms with Gasteiger partial charge in [0.2, 0.25) is 0 Å². The second-order valence-corrected chi connectivity index (χ2v) is 11.4. The second-order valence-electron chi connectivity index (χ2n) is 8.55. The second kappa shape index (κ2) is 9.04. The van der Waals surface area contributed by atoms with E-state index in [1.165, 1.54) is 28.0 Å². The van der Waals surface area contributed by atoms with E-state index in [0.717, 1.165) is 49.2 Å². The molecule has 1 atom stereocenters. The van der Waals surface area contributed by atoms with E-state index in [4.69, 9.17) is 9.73 Å². The molecular formula is C28H20Br2N2O2S. The van der Waals surface area contributed by atoms with Crippen LogP contribution in [0.1, 0.15) is 34.7 Å². The van der Waals surface area contributed by atoms with Crippen LogP contribution in [-0.4, -0.2) is 11.7 Å². The van der Waals surface area contributed by atoms with E-state index in [0.29, 0.717) is 4.53 Å². The number of fused-ring (bicyclic) bond motifs is 3. The largest absolute Gasteiger partial charge is 0.496 e. The van der Waals surface area contributed by atoms with Gasteiger partial charge in [-0.1, -0.05) is 79.6 Å². The van der Waals surface area contributed by atoms with Crippen molar-refractivity contribution in [3.8, 4) is 5.75 Å². The highest BCUT2D eigenvalue weighted by molar-refractivity contribution is 9.10. The number of hydrogen-bond donors (Lipinski definition) is 0. The van der Waals surface area contributed by atoms with Gasteiger partial charge >= 0.3 is 0 Å².